The van der Waals surface area contributed by atoms with Gasteiger partial charge in [-0.1, -0.05) is 19.8 Å². The van der Waals surface area contributed by atoms with Crippen LogP contribution in [-0.4, -0.2) is 21.9 Å². The van der Waals surface area contributed by atoms with Crippen molar-refractivity contribution in [3.8, 4) is 0 Å². The SMILES string of the molecule is CCCCC[PH](=O)CP(=O)(O)O. The molecule has 0 radical (unpaired) electrons. The quantitative estimate of drug-likeness (QED) is 0.522. The fraction of sp³-hybridized carbons (Fsp3) is 1.00. The predicted octanol–water partition coefficient (Wildman–Crippen LogP) is 1.87. The molecule has 0 aliphatic rings. The summed E-state index contributed by atoms with van der Waals surface area (Å²) in [4.78, 5) is 17.0. The molecule has 74 valence electrons. The van der Waals surface area contributed by atoms with E-state index >= 15 is 0 Å². The first-order chi connectivity index (χ1) is 5.45. The van der Waals surface area contributed by atoms with E-state index in [-0.39, 0.29) is 0 Å². The van der Waals surface area contributed by atoms with Crippen LogP contribution in [0.2, 0.25) is 0 Å². The molecule has 0 rings (SSSR count). The number of hydrogen-bond acceptors (Lipinski definition) is 2. The lowest BCUT2D eigenvalue weighted by Crippen LogP contribution is -1.86. The fourth-order valence-electron chi connectivity index (χ4n) is 0.881. The molecule has 0 aliphatic carbocycles. The zero-order chi connectivity index (χ0) is 9.61. The third kappa shape index (κ3) is 8.48. The summed E-state index contributed by atoms with van der Waals surface area (Å²) < 4.78 is 21.4. The Bertz CT molecular complexity index is 186. The molecule has 0 amide bonds. The zero-order valence-electron chi connectivity index (χ0n) is 7.19. The normalized spacial score (nSPS) is 14.6. The van der Waals surface area contributed by atoms with Gasteiger partial charge in [-0.25, -0.2) is 0 Å². The number of hydrogen-bond donors (Lipinski definition) is 2. The van der Waals surface area contributed by atoms with E-state index in [1.54, 1.807) is 0 Å². The van der Waals surface area contributed by atoms with Crippen molar-refractivity contribution < 1.29 is 18.9 Å². The van der Waals surface area contributed by atoms with Gasteiger partial charge in [0.05, 0.1) is 7.80 Å². The van der Waals surface area contributed by atoms with E-state index in [1.165, 1.54) is 0 Å². The van der Waals surface area contributed by atoms with Crippen LogP contribution in [0.4, 0.5) is 0 Å². The summed E-state index contributed by atoms with van der Waals surface area (Å²) in [6.45, 7) is 2.03. The average Bonchev–Trinajstić information content (AvgIpc) is 1.84. The Kier molecular flexibility index (Phi) is 6.12. The van der Waals surface area contributed by atoms with Crippen LogP contribution in [0.1, 0.15) is 26.2 Å². The molecule has 0 spiro atoms. The lowest BCUT2D eigenvalue weighted by molar-refractivity contribution is 0.378. The number of rotatable bonds is 6. The minimum absolute atomic E-state index is 0.415. The van der Waals surface area contributed by atoms with Crippen molar-refractivity contribution in [3.05, 3.63) is 0 Å². The average molecular weight is 214 g/mol. The van der Waals surface area contributed by atoms with Crippen molar-refractivity contribution in [2.24, 2.45) is 0 Å². The minimum Gasteiger partial charge on any atom is -0.326 e. The van der Waals surface area contributed by atoms with Gasteiger partial charge in [-0.2, -0.15) is 0 Å². The van der Waals surface area contributed by atoms with Crippen molar-refractivity contribution in [2.75, 3.05) is 12.1 Å². The Morgan fingerprint density at radius 1 is 1.33 bits per heavy atom. The molecule has 2 N–H and O–H groups in total. The molecule has 0 saturated heterocycles. The first-order valence-corrected chi connectivity index (χ1v) is 7.64. The second-order valence-electron chi connectivity index (χ2n) is 2.82. The van der Waals surface area contributed by atoms with Gasteiger partial charge in [0.15, 0.2) is 0 Å². The first-order valence-electron chi connectivity index (χ1n) is 4.02. The molecule has 0 aromatic carbocycles. The van der Waals surface area contributed by atoms with Crippen LogP contribution < -0.4 is 0 Å². The molecule has 4 nitrogen and oxygen atoms in total. The van der Waals surface area contributed by atoms with Gasteiger partial charge in [-0.3, -0.25) is 4.57 Å². The van der Waals surface area contributed by atoms with Gasteiger partial charge >= 0.3 is 7.60 Å². The highest BCUT2D eigenvalue weighted by Gasteiger charge is 2.16. The minimum atomic E-state index is -4.04. The van der Waals surface area contributed by atoms with Crippen molar-refractivity contribution >= 4 is 15.4 Å². The summed E-state index contributed by atoms with van der Waals surface area (Å²) in [7, 11) is -6.07. The molecule has 0 bridgehead atoms. The van der Waals surface area contributed by atoms with E-state index in [9.17, 15) is 9.13 Å². The van der Waals surface area contributed by atoms with Crippen molar-refractivity contribution in [3.63, 3.8) is 0 Å². The molecule has 6 heteroatoms. The summed E-state index contributed by atoms with van der Waals surface area (Å²) in [6, 6.07) is 0. The lowest BCUT2D eigenvalue weighted by atomic mass is 10.3. The van der Waals surface area contributed by atoms with Crippen molar-refractivity contribution in [2.45, 2.75) is 26.2 Å². The van der Waals surface area contributed by atoms with Gasteiger partial charge in [0, 0.05) is 0 Å². The maximum absolute atomic E-state index is 11.0. The summed E-state index contributed by atoms with van der Waals surface area (Å²) in [6.07, 6.45) is 3.31. The molecular formula is C6H16O4P2. The smallest absolute Gasteiger partial charge is 0.326 e. The van der Waals surface area contributed by atoms with Crippen LogP contribution in [0.5, 0.6) is 0 Å². The van der Waals surface area contributed by atoms with E-state index in [2.05, 4.69) is 0 Å². The highest BCUT2D eigenvalue weighted by molar-refractivity contribution is 7.66. The maximum Gasteiger partial charge on any atom is 0.332 e. The fourth-order valence-corrected chi connectivity index (χ4v) is 4.00. The van der Waals surface area contributed by atoms with Crippen LogP contribution in [-0.2, 0) is 9.13 Å². The van der Waals surface area contributed by atoms with Crippen LogP contribution in [0.15, 0.2) is 0 Å². The molecule has 0 heterocycles. The largest absolute Gasteiger partial charge is 0.332 e. The Balaban J connectivity index is 3.54. The van der Waals surface area contributed by atoms with Gasteiger partial charge in [0.1, 0.15) is 5.90 Å². The highest BCUT2D eigenvalue weighted by atomic mass is 31.2. The van der Waals surface area contributed by atoms with E-state index in [4.69, 9.17) is 9.79 Å². The molecule has 1 unspecified atom stereocenters. The summed E-state index contributed by atoms with van der Waals surface area (Å²) in [5.41, 5.74) is 0. The van der Waals surface area contributed by atoms with Gasteiger partial charge < -0.3 is 14.4 Å². The zero-order valence-corrected chi connectivity index (χ0v) is 9.09. The molecule has 0 fully saturated rings. The standard InChI is InChI=1S/C6H16O4P2/c1-2-3-4-5-11(7)6-12(8,9)10/h11H,2-6H2,1H3,(H2,8,9,10). The molecule has 0 aliphatic heterocycles. The number of unbranched alkanes of at least 4 members (excludes halogenated alkanes) is 2. The van der Waals surface area contributed by atoms with Crippen LogP contribution >= 0.6 is 15.4 Å². The van der Waals surface area contributed by atoms with Crippen LogP contribution in [0.25, 0.3) is 0 Å². The maximum atomic E-state index is 11.0. The van der Waals surface area contributed by atoms with E-state index in [0.29, 0.717) is 6.16 Å². The first kappa shape index (κ1) is 12.4. The topological polar surface area (TPSA) is 74.6 Å². The summed E-state index contributed by atoms with van der Waals surface area (Å²) >= 11 is 0. The molecule has 12 heavy (non-hydrogen) atoms. The second-order valence-corrected chi connectivity index (χ2v) is 6.99. The van der Waals surface area contributed by atoms with Crippen LogP contribution in [0, 0.1) is 0 Å². The Hall–Kier alpha value is 0.380. The van der Waals surface area contributed by atoms with Gasteiger partial charge in [0.2, 0.25) is 0 Å². The van der Waals surface area contributed by atoms with Gasteiger partial charge in [0.25, 0.3) is 0 Å². The van der Waals surface area contributed by atoms with Gasteiger partial charge in [-0.15, -0.1) is 0 Å². The molecule has 0 aromatic heterocycles. The van der Waals surface area contributed by atoms with E-state index in [0.717, 1.165) is 19.3 Å². The molecule has 0 saturated carbocycles. The van der Waals surface area contributed by atoms with Crippen molar-refractivity contribution in [1.29, 1.82) is 0 Å². The van der Waals surface area contributed by atoms with E-state index in [1.807, 2.05) is 6.92 Å². The van der Waals surface area contributed by atoms with Gasteiger partial charge in [-0.05, 0) is 12.6 Å². The van der Waals surface area contributed by atoms with E-state index < -0.39 is 21.3 Å². The summed E-state index contributed by atoms with van der Waals surface area (Å²) in [5.74, 6) is -0.415. The Morgan fingerprint density at radius 3 is 2.33 bits per heavy atom. The summed E-state index contributed by atoms with van der Waals surface area (Å²) in [5, 5.41) is 0. The molecular weight excluding hydrogens is 198 g/mol. The Morgan fingerprint density at radius 2 is 1.92 bits per heavy atom. The predicted molar refractivity (Wildman–Crippen MR) is 50.3 cm³/mol. The second kappa shape index (κ2) is 5.93. The Labute approximate surface area is 73.3 Å². The molecule has 0 aromatic rings. The molecule has 1 atom stereocenters. The third-order valence-electron chi connectivity index (χ3n) is 1.44. The highest BCUT2D eigenvalue weighted by Crippen LogP contribution is 2.45. The monoisotopic (exact) mass is 214 g/mol. The lowest BCUT2D eigenvalue weighted by Gasteiger charge is -2.02. The van der Waals surface area contributed by atoms with Crippen molar-refractivity contribution in [1.82, 2.24) is 0 Å². The van der Waals surface area contributed by atoms with Crippen LogP contribution in [0.3, 0.4) is 0 Å². The third-order valence-corrected chi connectivity index (χ3v) is 5.41.